The number of amides is 1. The number of carbonyl (C=O) groups is 1. The summed E-state index contributed by atoms with van der Waals surface area (Å²) in [6.07, 6.45) is 0.301. The number of methoxy groups -OCH3 is 1. The molecule has 3 N–H and O–H groups in total. The van der Waals surface area contributed by atoms with Gasteiger partial charge in [-0.2, -0.15) is 0 Å². The predicted molar refractivity (Wildman–Crippen MR) is 60.4 cm³/mol. The van der Waals surface area contributed by atoms with E-state index in [9.17, 15) is 9.90 Å². The number of rotatable bonds is 6. The molecule has 0 aromatic carbocycles. The lowest BCUT2D eigenvalue weighted by Crippen LogP contribution is -2.21. The van der Waals surface area contributed by atoms with Gasteiger partial charge in [0.2, 0.25) is 0 Å². The number of nitrogens with two attached hydrogens (primary N) is 1. The number of hydrogen-bond donors (Lipinski definition) is 2. The highest BCUT2D eigenvalue weighted by atomic mass is 16.5. The van der Waals surface area contributed by atoms with Crippen LogP contribution < -0.4 is 5.73 Å². The van der Waals surface area contributed by atoms with Crippen molar-refractivity contribution in [3.63, 3.8) is 0 Å². The van der Waals surface area contributed by atoms with Crippen molar-refractivity contribution in [3.05, 3.63) is 11.4 Å². The predicted octanol–water partition coefficient (Wildman–Crippen LogP) is 0.0278. The second kappa shape index (κ2) is 5.74. The van der Waals surface area contributed by atoms with Crippen LogP contribution in [0, 0.1) is 0 Å². The number of ether oxygens (including phenoxy) is 1. The van der Waals surface area contributed by atoms with E-state index in [1.165, 1.54) is 11.8 Å². The van der Waals surface area contributed by atoms with Crippen LogP contribution in [0.4, 0.5) is 0 Å². The van der Waals surface area contributed by atoms with Gasteiger partial charge in [-0.15, -0.1) is 5.10 Å². The number of carbonyl (C=O) groups excluding carboxylic acids is 1. The lowest BCUT2D eigenvalue weighted by molar-refractivity contribution is 0.0945. The molecule has 0 saturated heterocycles. The van der Waals surface area contributed by atoms with Gasteiger partial charge in [-0.05, 0) is 13.3 Å². The van der Waals surface area contributed by atoms with Crippen molar-refractivity contribution < 1.29 is 14.6 Å². The molecule has 0 bridgehead atoms. The maximum Gasteiger partial charge on any atom is 0.271 e. The standard InChI is InChI=1S/C10H18N4O3/c1-4-7(5-15)14-9(6(2)17-3)8(10(11)16)12-13-14/h6-7,15H,4-5H2,1-3H3,(H2,11,16). The molecule has 0 spiro atoms. The van der Waals surface area contributed by atoms with Crippen LogP contribution in [0.5, 0.6) is 0 Å². The van der Waals surface area contributed by atoms with Crippen molar-refractivity contribution >= 4 is 5.91 Å². The normalized spacial score (nSPS) is 14.6. The molecule has 1 rings (SSSR count). The van der Waals surface area contributed by atoms with Crippen molar-refractivity contribution in [2.75, 3.05) is 13.7 Å². The fraction of sp³-hybridized carbons (Fsp3) is 0.700. The topological polar surface area (TPSA) is 103 Å². The Labute approximate surface area is 99.6 Å². The molecule has 2 atom stereocenters. The maximum atomic E-state index is 11.2. The molecular formula is C10H18N4O3. The van der Waals surface area contributed by atoms with E-state index in [1.54, 1.807) is 6.92 Å². The van der Waals surface area contributed by atoms with Crippen LogP contribution >= 0.6 is 0 Å². The molecule has 0 aliphatic carbocycles. The molecule has 0 aliphatic rings. The minimum Gasteiger partial charge on any atom is -0.394 e. The van der Waals surface area contributed by atoms with Gasteiger partial charge < -0.3 is 15.6 Å². The van der Waals surface area contributed by atoms with E-state index in [4.69, 9.17) is 10.5 Å². The van der Waals surface area contributed by atoms with Gasteiger partial charge in [0.15, 0.2) is 5.69 Å². The van der Waals surface area contributed by atoms with Crippen LogP contribution in [0.3, 0.4) is 0 Å². The Morgan fingerprint density at radius 1 is 1.65 bits per heavy atom. The molecule has 0 fully saturated rings. The van der Waals surface area contributed by atoms with Crippen molar-refractivity contribution in [2.24, 2.45) is 5.73 Å². The van der Waals surface area contributed by atoms with Crippen LogP contribution in [-0.4, -0.2) is 39.7 Å². The Balaban J connectivity index is 3.26. The highest BCUT2D eigenvalue weighted by Crippen LogP contribution is 2.23. The van der Waals surface area contributed by atoms with Gasteiger partial charge in [-0.3, -0.25) is 4.79 Å². The fourth-order valence-electron chi connectivity index (χ4n) is 1.62. The lowest BCUT2D eigenvalue weighted by atomic mass is 10.1. The molecule has 1 aromatic rings. The summed E-state index contributed by atoms with van der Waals surface area (Å²) in [5.41, 5.74) is 5.82. The number of primary amides is 1. The minimum atomic E-state index is -0.650. The van der Waals surface area contributed by atoms with Crippen LogP contribution in [-0.2, 0) is 4.74 Å². The Hall–Kier alpha value is -1.47. The molecule has 2 unspecified atom stereocenters. The Kier molecular flexibility index (Phi) is 4.59. The number of hydrogen-bond acceptors (Lipinski definition) is 5. The monoisotopic (exact) mass is 242 g/mol. The van der Waals surface area contributed by atoms with Gasteiger partial charge in [0.25, 0.3) is 5.91 Å². The van der Waals surface area contributed by atoms with Gasteiger partial charge >= 0.3 is 0 Å². The number of nitrogens with zero attached hydrogens (tertiary/aromatic N) is 3. The zero-order valence-electron chi connectivity index (χ0n) is 10.3. The largest absolute Gasteiger partial charge is 0.394 e. The highest BCUT2D eigenvalue weighted by molar-refractivity contribution is 5.91. The highest BCUT2D eigenvalue weighted by Gasteiger charge is 2.25. The molecule has 7 nitrogen and oxygen atoms in total. The number of aliphatic hydroxyl groups is 1. The Morgan fingerprint density at radius 2 is 2.29 bits per heavy atom. The third-order valence-corrected chi connectivity index (χ3v) is 2.73. The van der Waals surface area contributed by atoms with Crippen molar-refractivity contribution in [1.29, 1.82) is 0 Å². The summed E-state index contributed by atoms with van der Waals surface area (Å²) in [5.74, 6) is -0.650. The van der Waals surface area contributed by atoms with Crippen molar-refractivity contribution in [3.8, 4) is 0 Å². The summed E-state index contributed by atoms with van der Waals surface area (Å²) in [7, 11) is 1.52. The summed E-state index contributed by atoms with van der Waals surface area (Å²) in [6, 6.07) is -0.233. The van der Waals surface area contributed by atoms with Gasteiger partial charge in [0, 0.05) is 7.11 Å². The molecule has 96 valence electrons. The molecule has 0 saturated carbocycles. The third kappa shape index (κ3) is 2.62. The number of aromatic nitrogens is 3. The first kappa shape index (κ1) is 13.6. The van der Waals surface area contributed by atoms with E-state index in [0.717, 1.165) is 0 Å². The average Bonchev–Trinajstić information content (AvgIpc) is 2.74. The second-order valence-electron chi connectivity index (χ2n) is 3.75. The van der Waals surface area contributed by atoms with E-state index >= 15 is 0 Å². The minimum absolute atomic E-state index is 0.0818. The number of aliphatic hydroxyl groups excluding tert-OH is 1. The zero-order chi connectivity index (χ0) is 13.0. The van der Waals surface area contributed by atoms with Crippen LogP contribution in [0.2, 0.25) is 0 Å². The lowest BCUT2D eigenvalue weighted by Gasteiger charge is -2.18. The van der Waals surface area contributed by atoms with Gasteiger partial charge in [-0.1, -0.05) is 12.1 Å². The average molecular weight is 242 g/mol. The molecule has 7 heteroatoms. The van der Waals surface area contributed by atoms with Crippen LogP contribution in [0.1, 0.15) is 48.6 Å². The maximum absolute atomic E-state index is 11.2. The molecule has 1 heterocycles. The smallest absolute Gasteiger partial charge is 0.271 e. The summed E-state index contributed by atoms with van der Waals surface area (Å²) in [6.45, 7) is 3.60. The van der Waals surface area contributed by atoms with E-state index in [2.05, 4.69) is 10.3 Å². The van der Waals surface area contributed by atoms with E-state index in [1.807, 2.05) is 6.92 Å². The SMILES string of the molecule is CCC(CO)n1nnc(C(N)=O)c1C(C)OC. The van der Waals surface area contributed by atoms with Crippen molar-refractivity contribution in [2.45, 2.75) is 32.4 Å². The Morgan fingerprint density at radius 3 is 2.71 bits per heavy atom. The second-order valence-corrected chi connectivity index (χ2v) is 3.75. The summed E-state index contributed by atoms with van der Waals surface area (Å²) < 4.78 is 6.68. The first-order valence-electron chi connectivity index (χ1n) is 5.45. The molecule has 17 heavy (non-hydrogen) atoms. The van der Waals surface area contributed by atoms with Gasteiger partial charge in [-0.25, -0.2) is 4.68 Å². The summed E-state index contributed by atoms with van der Waals surface area (Å²) in [5, 5.41) is 16.9. The fourth-order valence-corrected chi connectivity index (χ4v) is 1.62. The van der Waals surface area contributed by atoms with Crippen LogP contribution in [0.25, 0.3) is 0 Å². The van der Waals surface area contributed by atoms with E-state index < -0.39 is 5.91 Å². The molecule has 0 aliphatic heterocycles. The first-order chi connectivity index (χ1) is 8.06. The van der Waals surface area contributed by atoms with Gasteiger partial charge in [0.1, 0.15) is 5.69 Å². The first-order valence-corrected chi connectivity index (χ1v) is 5.45. The molecular weight excluding hydrogens is 224 g/mol. The van der Waals surface area contributed by atoms with Crippen molar-refractivity contribution in [1.82, 2.24) is 15.0 Å². The Bertz CT molecular complexity index is 387. The van der Waals surface area contributed by atoms with E-state index in [0.29, 0.717) is 12.1 Å². The van der Waals surface area contributed by atoms with Crippen LogP contribution in [0.15, 0.2) is 0 Å². The summed E-state index contributed by atoms with van der Waals surface area (Å²) in [4.78, 5) is 11.2. The molecule has 1 aromatic heterocycles. The third-order valence-electron chi connectivity index (χ3n) is 2.73. The van der Waals surface area contributed by atoms with Gasteiger partial charge in [0.05, 0.1) is 18.8 Å². The van der Waals surface area contributed by atoms with E-state index in [-0.39, 0.29) is 24.4 Å². The molecule has 0 radical (unpaired) electrons. The quantitative estimate of drug-likeness (QED) is 0.732. The summed E-state index contributed by atoms with van der Waals surface area (Å²) >= 11 is 0. The zero-order valence-corrected chi connectivity index (χ0v) is 10.3. The molecule has 1 amide bonds.